The number of hydrogen-bond acceptors (Lipinski definition) is 9. The fraction of sp³-hybridized carbons (Fsp3) is 0.439. The molecule has 3 aromatic heterocycles. The lowest BCUT2D eigenvalue weighted by atomic mass is 10.0. The molecule has 2 aromatic carbocycles. The van der Waals surface area contributed by atoms with E-state index < -0.39 is 18.2 Å². The Labute approximate surface area is 331 Å². The van der Waals surface area contributed by atoms with E-state index in [2.05, 4.69) is 66.7 Å². The van der Waals surface area contributed by atoms with E-state index >= 15 is 0 Å². The largest absolute Gasteiger partial charge is 0.465 e. The van der Waals surface area contributed by atoms with E-state index in [1.807, 2.05) is 50.9 Å². The van der Waals surface area contributed by atoms with Crippen molar-refractivity contribution in [1.82, 2.24) is 49.4 Å². The smallest absolute Gasteiger partial charge is 0.407 e. The van der Waals surface area contributed by atoms with E-state index in [0.29, 0.717) is 24.9 Å². The van der Waals surface area contributed by atoms with Gasteiger partial charge in [-0.1, -0.05) is 76.2 Å². The molecule has 0 spiro atoms. The number of H-pyrrole nitrogens is 2. The minimum Gasteiger partial charge on any atom is -0.465 e. The first-order valence-electron chi connectivity index (χ1n) is 19.6. The predicted octanol–water partition coefficient (Wildman–Crippen LogP) is 5.94. The summed E-state index contributed by atoms with van der Waals surface area (Å²) in [7, 11) is 3.16. The number of nitrogens with two attached hydrogens (primary N) is 1. The van der Waals surface area contributed by atoms with Crippen LogP contribution >= 0.6 is 0 Å². The molecule has 0 aliphatic carbocycles. The van der Waals surface area contributed by atoms with Gasteiger partial charge in [0.05, 0.1) is 35.9 Å². The Kier molecular flexibility index (Phi) is 11.0. The fourth-order valence-corrected chi connectivity index (χ4v) is 8.10. The van der Waals surface area contributed by atoms with Gasteiger partial charge in [0.1, 0.15) is 23.7 Å². The lowest BCUT2D eigenvalue weighted by Crippen LogP contribution is -2.51. The highest BCUT2D eigenvalue weighted by Crippen LogP contribution is 2.35. The third kappa shape index (κ3) is 7.93. The number of carbonyl (C=O) groups is 3. The van der Waals surface area contributed by atoms with Crippen LogP contribution in [-0.2, 0) is 16.6 Å². The van der Waals surface area contributed by atoms with Gasteiger partial charge in [-0.05, 0) is 59.8 Å². The average molecular weight is 777 g/mol. The molecule has 2 aliphatic heterocycles. The van der Waals surface area contributed by atoms with Crippen molar-refractivity contribution in [2.45, 2.75) is 77.5 Å². The van der Waals surface area contributed by atoms with Gasteiger partial charge in [-0.3, -0.25) is 14.5 Å². The molecule has 2 aliphatic rings. The number of anilines is 2. The molecule has 4 atom stereocenters. The number of aromatic nitrogens is 7. The summed E-state index contributed by atoms with van der Waals surface area (Å²) >= 11 is 0. The molecule has 0 unspecified atom stereocenters. The number of likely N-dealkylation sites (tertiary alicyclic amines) is 2. The number of nitrogen functional groups attached to an aromatic ring is 1. The highest BCUT2D eigenvalue weighted by Gasteiger charge is 2.40. The number of hydrogen-bond donors (Lipinski definition) is 5. The number of nitrogens with zero attached hydrogens (tertiary/aromatic N) is 8. The molecule has 57 heavy (non-hydrogen) atoms. The normalized spacial score (nSPS) is 18.0. The van der Waals surface area contributed by atoms with E-state index in [9.17, 15) is 19.5 Å². The maximum Gasteiger partial charge on any atom is 0.407 e. The van der Waals surface area contributed by atoms with Crippen LogP contribution in [0.1, 0.15) is 77.1 Å². The van der Waals surface area contributed by atoms with Gasteiger partial charge in [-0.25, -0.2) is 19.4 Å². The Morgan fingerprint density at radius 3 is 1.68 bits per heavy atom. The van der Waals surface area contributed by atoms with E-state index in [1.54, 1.807) is 18.1 Å². The minimum atomic E-state index is -1.12. The Bertz CT molecular complexity index is 2190. The number of carboxylic acid groups (broad SMARTS) is 1. The molecule has 16 heteroatoms. The van der Waals surface area contributed by atoms with Crippen molar-refractivity contribution in [2.24, 2.45) is 18.9 Å². The average Bonchev–Trinajstić information content (AvgIpc) is 4.04. The zero-order chi connectivity index (χ0) is 40.5. The summed E-state index contributed by atoms with van der Waals surface area (Å²) in [5.74, 6) is 1.68. The van der Waals surface area contributed by atoms with Crippen LogP contribution in [0, 0.1) is 11.8 Å². The van der Waals surface area contributed by atoms with Gasteiger partial charge in [-0.2, -0.15) is 4.98 Å². The minimum absolute atomic E-state index is 0.00440. The first-order valence-corrected chi connectivity index (χ1v) is 19.6. The molecule has 7 rings (SSSR count). The van der Waals surface area contributed by atoms with Crippen molar-refractivity contribution in [3.05, 3.63) is 72.6 Å². The molecule has 2 saturated heterocycles. The second-order valence-corrected chi connectivity index (χ2v) is 15.8. The van der Waals surface area contributed by atoms with E-state index in [0.717, 1.165) is 70.0 Å². The summed E-state index contributed by atoms with van der Waals surface area (Å²) in [6, 6.07) is 14.9. The number of amides is 3. The first kappa shape index (κ1) is 39.1. The van der Waals surface area contributed by atoms with Gasteiger partial charge >= 0.3 is 6.09 Å². The first-order chi connectivity index (χ1) is 27.3. The van der Waals surface area contributed by atoms with E-state index in [1.165, 1.54) is 11.7 Å². The molecule has 0 saturated carbocycles. The third-order valence-corrected chi connectivity index (χ3v) is 11.2. The maximum atomic E-state index is 13.9. The van der Waals surface area contributed by atoms with Gasteiger partial charge in [-0.15, -0.1) is 5.10 Å². The summed E-state index contributed by atoms with van der Waals surface area (Å²) in [4.78, 5) is 64.5. The molecule has 5 aromatic rings. The van der Waals surface area contributed by atoms with E-state index in [-0.39, 0.29) is 41.7 Å². The Balaban J connectivity index is 1.00. The number of nitrogens with one attached hydrogen (secondary N) is 3. The van der Waals surface area contributed by atoms with Crippen LogP contribution in [0.4, 0.5) is 16.7 Å². The number of aromatic amines is 2. The summed E-state index contributed by atoms with van der Waals surface area (Å²) in [6.45, 7) is 8.93. The molecule has 0 radical (unpaired) electrons. The van der Waals surface area contributed by atoms with E-state index in [4.69, 9.17) is 10.7 Å². The van der Waals surface area contributed by atoms with Gasteiger partial charge < -0.3 is 35.9 Å². The highest BCUT2D eigenvalue weighted by molar-refractivity contribution is 5.86. The Morgan fingerprint density at radius 1 is 0.789 bits per heavy atom. The number of imidazole rings is 2. The van der Waals surface area contributed by atoms with Crippen molar-refractivity contribution < 1.29 is 19.5 Å². The van der Waals surface area contributed by atoms with Crippen LogP contribution in [-0.4, -0.2) is 105 Å². The molecule has 300 valence electrons. The van der Waals surface area contributed by atoms with Crippen LogP contribution in [0.5, 0.6) is 0 Å². The van der Waals surface area contributed by atoms with Gasteiger partial charge in [0.25, 0.3) is 0 Å². The van der Waals surface area contributed by atoms with Gasteiger partial charge in [0.2, 0.25) is 23.7 Å². The molecule has 16 nitrogen and oxygen atoms in total. The third-order valence-electron chi connectivity index (χ3n) is 11.2. The zero-order valence-corrected chi connectivity index (χ0v) is 33.3. The number of rotatable bonds is 12. The van der Waals surface area contributed by atoms with Crippen LogP contribution in [0.2, 0.25) is 0 Å². The molecule has 2 fully saturated rings. The molecular weight excluding hydrogens is 725 g/mol. The molecule has 0 bridgehead atoms. The van der Waals surface area contributed by atoms with Crippen LogP contribution in [0.15, 0.2) is 60.9 Å². The topological polar surface area (TPSA) is 207 Å². The van der Waals surface area contributed by atoms with Crippen LogP contribution in [0.3, 0.4) is 0 Å². The standard InChI is InChI=1S/C41H52N12O4/c1-23(2)33(47-40-48-39(42)51(6)49-40)37(54)52-19-7-9-31(52)35-43-21-29(45-35)27-15-11-25(12-16-27)26-13-17-28(18-14-26)30-22-44-36(46-30)32-10-8-20-53(32)38(55)34(24(3)4)50(5)41(56)57/h11-18,21-24,31-34H,7-10,19-20H2,1-6H3,(H,43,45)(H,44,46)(H,56,57)(H3,42,47,48,49)/t31-,32-,33-,34-/m0/s1. The Morgan fingerprint density at radius 2 is 1.26 bits per heavy atom. The van der Waals surface area contributed by atoms with Crippen LogP contribution < -0.4 is 11.1 Å². The second kappa shape index (κ2) is 16.1. The predicted molar refractivity (Wildman–Crippen MR) is 216 cm³/mol. The van der Waals surface area contributed by atoms with Crippen molar-refractivity contribution in [3.8, 4) is 33.6 Å². The lowest BCUT2D eigenvalue weighted by molar-refractivity contribution is -0.138. The highest BCUT2D eigenvalue weighted by atomic mass is 16.4. The van der Waals surface area contributed by atoms with Crippen molar-refractivity contribution in [2.75, 3.05) is 31.2 Å². The molecular formula is C41H52N12O4. The van der Waals surface area contributed by atoms with Crippen molar-refractivity contribution in [1.29, 1.82) is 0 Å². The summed E-state index contributed by atoms with van der Waals surface area (Å²) in [5.41, 5.74) is 11.7. The molecule has 5 heterocycles. The summed E-state index contributed by atoms with van der Waals surface area (Å²) in [5, 5.41) is 17.1. The molecule has 6 N–H and O–H groups in total. The van der Waals surface area contributed by atoms with Crippen molar-refractivity contribution >= 4 is 29.8 Å². The number of carbonyl (C=O) groups excluding carboxylic acids is 2. The fourth-order valence-electron chi connectivity index (χ4n) is 8.10. The number of benzene rings is 2. The quantitative estimate of drug-likeness (QED) is 0.101. The number of aryl methyl sites for hydroxylation is 1. The van der Waals surface area contributed by atoms with Gasteiger partial charge in [0, 0.05) is 27.2 Å². The summed E-state index contributed by atoms with van der Waals surface area (Å²) in [6.07, 6.45) is 5.77. The SMILES string of the molecule is CC(C)[C@H](Nc1nc(N)n(C)n1)C(=O)N1CCC[C@H]1c1ncc(-c2ccc(-c3ccc(-c4cnc([C@@H]5CCCN5C(=O)[C@H](C(C)C)N(C)C(=O)O)[nH]4)cc3)cc2)[nH]1. The van der Waals surface area contributed by atoms with Gasteiger partial charge in [0.15, 0.2) is 0 Å². The van der Waals surface area contributed by atoms with Crippen LogP contribution in [0.25, 0.3) is 33.6 Å². The van der Waals surface area contributed by atoms with Crippen molar-refractivity contribution in [3.63, 3.8) is 0 Å². The molecule has 3 amide bonds. The monoisotopic (exact) mass is 776 g/mol. The second-order valence-electron chi connectivity index (χ2n) is 15.8. The summed E-state index contributed by atoms with van der Waals surface area (Å²) < 4.78 is 1.47. The maximum absolute atomic E-state index is 13.9. The number of likely N-dealkylation sites (N-methyl/N-ethyl adjacent to an activating group) is 1. The zero-order valence-electron chi connectivity index (χ0n) is 33.3. The lowest BCUT2D eigenvalue weighted by Gasteiger charge is -2.33. The Hall–Kier alpha value is -6.19.